The van der Waals surface area contributed by atoms with Crippen LogP contribution in [0.25, 0.3) is 0 Å². The Morgan fingerprint density at radius 3 is 1.35 bits per heavy atom. The molecular formula is C27H20Cl2N2. The van der Waals surface area contributed by atoms with Gasteiger partial charge >= 0.3 is 0 Å². The monoisotopic (exact) mass is 442 g/mol. The minimum atomic E-state index is 0.709. The lowest BCUT2D eigenvalue weighted by Crippen LogP contribution is -1.87. The summed E-state index contributed by atoms with van der Waals surface area (Å²) in [7, 11) is 0. The van der Waals surface area contributed by atoms with Gasteiger partial charge in [0, 0.05) is 22.5 Å². The third-order valence-corrected chi connectivity index (χ3v) is 5.17. The second-order valence-corrected chi connectivity index (χ2v) is 8.01. The standard InChI is InChI=1S/C27H20Cl2N2/c28-24-5-1-3-22(16-24)18-30-26-11-7-20(8-12-26)15-21-9-13-27(14-10-21)31-19-23-4-2-6-25(29)17-23/h1-14,16-19H,15H2. The summed E-state index contributed by atoms with van der Waals surface area (Å²) in [5.41, 5.74) is 6.25. The Hall–Kier alpha value is -3.20. The summed E-state index contributed by atoms with van der Waals surface area (Å²) < 4.78 is 0. The SMILES string of the molecule is Clc1cccc(C=Nc2ccc(Cc3ccc(N=Cc4cccc(Cl)c4)cc3)cc2)c1. The van der Waals surface area contributed by atoms with Crippen LogP contribution in [0.2, 0.25) is 10.0 Å². The number of hydrogen-bond donors (Lipinski definition) is 0. The Balaban J connectivity index is 1.37. The van der Waals surface area contributed by atoms with Gasteiger partial charge in [-0.1, -0.05) is 71.7 Å². The first-order valence-electron chi connectivity index (χ1n) is 9.91. The quantitative estimate of drug-likeness (QED) is 0.269. The van der Waals surface area contributed by atoms with Gasteiger partial charge in [0.05, 0.1) is 11.4 Å². The molecule has 0 amide bonds. The summed E-state index contributed by atoms with van der Waals surface area (Å²) in [5, 5.41) is 1.42. The van der Waals surface area contributed by atoms with Gasteiger partial charge in [0.2, 0.25) is 0 Å². The van der Waals surface area contributed by atoms with Crippen LogP contribution in [-0.2, 0) is 6.42 Å². The van der Waals surface area contributed by atoms with Gasteiger partial charge in [-0.05, 0) is 77.2 Å². The van der Waals surface area contributed by atoms with E-state index >= 15 is 0 Å². The molecule has 152 valence electrons. The van der Waals surface area contributed by atoms with Gasteiger partial charge in [0.1, 0.15) is 0 Å². The molecule has 2 nitrogen and oxygen atoms in total. The molecule has 4 heteroatoms. The molecule has 0 saturated heterocycles. The highest BCUT2D eigenvalue weighted by molar-refractivity contribution is 6.31. The van der Waals surface area contributed by atoms with E-state index in [1.807, 2.05) is 85.2 Å². The molecule has 0 atom stereocenters. The fourth-order valence-corrected chi connectivity index (χ4v) is 3.50. The molecule has 0 aliphatic rings. The van der Waals surface area contributed by atoms with Gasteiger partial charge in [-0.25, -0.2) is 0 Å². The average Bonchev–Trinajstić information content (AvgIpc) is 2.78. The van der Waals surface area contributed by atoms with Crippen molar-refractivity contribution < 1.29 is 0 Å². The van der Waals surface area contributed by atoms with Gasteiger partial charge in [0.15, 0.2) is 0 Å². The highest BCUT2D eigenvalue weighted by atomic mass is 35.5. The Morgan fingerprint density at radius 2 is 0.968 bits per heavy atom. The fourth-order valence-electron chi connectivity index (χ4n) is 3.11. The number of aliphatic imine (C=N–C) groups is 2. The van der Waals surface area contributed by atoms with Crippen molar-refractivity contribution in [3.05, 3.63) is 129 Å². The fraction of sp³-hybridized carbons (Fsp3) is 0.0370. The van der Waals surface area contributed by atoms with Crippen molar-refractivity contribution >= 4 is 47.0 Å². The second kappa shape index (κ2) is 10.2. The van der Waals surface area contributed by atoms with Crippen molar-refractivity contribution in [2.24, 2.45) is 9.98 Å². The van der Waals surface area contributed by atoms with E-state index < -0.39 is 0 Å². The maximum atomic E-state index is 6.01. The van der Waals surface area contributed by atoms with Crippen LogP contribution in [-0.4, -0.2) is 12.4 Å². The van der Waals surface area contributed by atoms with Crippen LogP contribution in [0, 0.1) is 0 Å². The van der Waals surface area contributed by atoms with Crippen molar-refractivity contribution in [3.8, 4) is 0 Å². The van der Waals surface area contributed by atoms with Crippen molar-refractivity contribution in [1.82, 2.24) is 0 Å². The third kappa shape index (κ3) is 6.39. The molecule has 0 saturated carbocycles. The largest absolute Gasteiger partial charge is 0.256 e. The smallest absolute Gasteiger partial charge is 0.0630 e. The first-order valence-corrected chi connectivity index (χ1v) is 10.7. The lowest BCUT2D eigenvalue weighted by molar-refractivity contribution is 1.19. The first-order chi connectivity index (χ1) is 15.1. The summed E-state index contributed by atoms with van der Waals surface area (Å²) in [5.74, 6) is 0. The molecule has 4 aromatic carbocycles. The van der Waals surface area contributed by atoms with Crippen LogP contribution in [0.4, 0.5) is 11.4 Å². The highest BCUT2D eigenvalue weighted by Crippen LogP contribution is 2.19. The van der Waals surface area contributed by atoms with Crippen LogP contribution < -0.4 is 0 Å². The number of hydrogen-bond acceptors (Lipinski definition) is 2. The Kier molecular flexibility index (Phi) is 6.93. The molecule has 4 aromatic rings. The van der Waals surface area contributed by atoms with E-state index in [1.54, 1.807) is 0 Å². The molecule has 0 heterocycles. The zero-order chi connectivity index (χ0) is 21.5. The summed E-state index contributed by atoms with van der Waals surface area (Å²) in [4.78, 5) is 9.04. The summed E-state index contributed by atoms with van der Waals surface area (Å²) in [6, 6.07) is 31.8. The van der Waals surface area contributed by atoms with E-state index in [1.165, 1.54) is 11.1 Å². The summed E-state index contributed by atoms with van der Waals surface area (Å²) in [6.45, 7) is 0. The lowest BCUT2D eigenvalue weighted by Gasteiger charge is -2.03. The Morgan fingerprint density at radius 1 is 0.548 bits per heavy atom. The van der Waals surface area contributed by atoms with Crippen LogP contribution in [0.3, 0.4) is 0 Å². The molecule has 0 fully saturated rings. The van der Waals surface area contributed by atoms with Crippen molar-refractivity contribution in [3.63, 3.8) is 0 Å². The predicted octanol–water partition coefficient (Wildman–Crippen LogP) is 8.09. The normalized spacial score (nSPS) is 11.4. The first kappa shape index (κ1) is 21.0. The van der Waals surface area contributed by atoms with E-state index in [-0.39, 0.29) is 0 Å². The maximum Gasteiger partial charge on any atom is 0.0630 e. The van der Waals surface area contributed by atoms with Gasteiger partial charge < -0.3 is 0 Å². The summed E-state index contributed by atoms with van der Waals surface area (Å²) in [6.07, 6.45) is 4.50. The van der Waals surface area contributed by atoms with Crippen molar-refractivity contribution in [1.29, 1.82) is 0 Å². The van der Waals surface area contributed by atoms with Gasteiger partial charge in [-0.3, -0.25) is 9.98 Å². The van der Waals surface area contributed by atoms with Gasteiger partial charge in [-0.15, -0.1) is 0 Å². The molecule has 4 rings (SSSR count). The minimum Gasteiger partial charge on any atom is -0.256 e. The number of rotatable bonds is 6. The molecule has 0 N–H and O–H groups in total. The van der Waals surface area contributed by atoms with Crippen molar-refractivity contribution in [2.75, 3.05) is 0 Å². The van der Waals surface area contributed by atoms with Crippen molar-refractivity contribution in [2.45, 2.75) is 6.42 Å². The average molecular weight is 443 g/mol. The minimum absolute atomic E-state index is 0.709. The number of halogens is 2. The van der Waals surface area contributed by atoms with E-state index in [4.69, 9.17) is 23.2 Å². The maximum absolute atomic E-state index is 6.01. The van der Waals surface area contributed by atoms with Crippen LogP contribution >= 0.6 is 23.2 Å². The molecule has 0 aliphatic heterocycles. The van der Waals surface area contributed by atoms with E-state index in [9.17, 15) is 0 Å². The molecule has 0 bridgehead atoms. The van der Waals surface area contributed by atoms with Gasteiger partial charge in [0.25, 0.3) is 0 Å². The zero-order valence-corrected chi connectivity index (χ0v) is 18.3. The van der Waals surface area contributed by atoms with E-state index in [0.29, 0.717) is 10.0 Å². The Bertz CT molecular complexity index is 1110. The molecular weight excluding hydrogens is 423 g/mol. The summed E-state index contributed by atoms with van der Waals surface area (Å²) >= 11 is 12.0. The second-order valence-electron chi connectivity index (χ2n) is 7.14. The molecule has 0 radical (unpaired) electrons. The van der Waals surface area contributed by atoms with Crippen LogP contribution in [0.5, 0.6) is 0 Å². The third-order valence-electron chi connectivity index (χ3n) is 4.70. The molecule has 0 aromatic heterocycles. The van der Waals surface area contributed by atoms with Crippen LogP contribution in [0.1, 0.15) is 22.3 Å². The lowest BCUT2D eigenvalue weighted by atomic mass is 10.0. The molecule has 31 heavy (non-hydrogen) atoms. The topological polar surface area (TPSA) is 24.7 Å². The van der Waals surface area contributed by atoms with E-state index in [0.717, 1.165) is 28.9 Å². The molecule has 0 unspecified atom stereocenters. The van der Waals surface area contributed by atoms with Gasteiger partial charge in [-0.2, -0.15) is 0 Å². The predicted molar refractivity (Wildman–Crippen MR) is 133 cm³/mol. The Labute approximate surface area is 192 Å². The number of benzene rings is 4. The molecule has 0 spiro atoms. The van der Waals surface area contributed by atoms with E-state index in [2.05, 4.69) is 34.3 Å². The van der Waals surface area contributed by atoms with Crippen LogP contribution in [0.15, 0.2) is 107 Å². The zero-order valence-electron chi connectivity index (χ0n) is 16.7. The number of nitrogens with zero attached hydrogens (tertiary/aromatic N) is 2. The highest BCUT2D eigenvalue weighted by Gasteiger charge is 1.99. The molecule has 0 aliphatic carbocycles.